The Hall–Kier alpha value is -3.96. The molecule has 0 atom stereocenters. The van der Waals surface area contributed by atoms with Gasteiger partial charge in [-0.25, -0.2) is 27.2 Å². The van der Waals surface area contributed by atoms with Gasteiger partial charge in [-0.15, -0.1) is 0 Å². The lowest BCUT2D eigenvalue weighted by Gasteiger charge is -2.34. The summed E-state index contributed by atoms with van der Waals surface area (Å²) < 4.78 is 69.8. The lowest BCUT2D eigenvalue weighted by atomic mass is 10.3. The zero-order valence-electron chi connectivity index (χ0n) is 22.9. The molecule has 0 N–H and O–H groups in total. The Morgan fingerprint density at radius 1 is 0.952 bits per heavy atom. The van der Waals surface area contributed by atoms with Crippen LogP contribution >= 0.6 is 0 Å². The molecule has 2 aliphatic heterocycles. The van der Waals surface area contributed by atoms with Crippen LogP contribution in [-0.2, 0) is 21.3 Å². The van der Waals surface area contributed by atoms with Crippen LogP contribution in [0.15, 0.2) is 36.9 Å². The first-order chi connectivity index (χ1) is 20.3. The molecule has 0 saturated carbocycles. The molecule has 4 aromatic rings. The number of hydrogen-bond acceptors (Lipinski definition) is 11. The van der Waals surface area contributed by atoms with Crippen molar-refractivity contribution in [3.63, 3.8) is 0 Å². The third kappa shape index (κ3) is 5.58. The topological polar surface area (TPSA) is 137 Å². The molecule has 0 radical (unpaired) electrons. The predicted octanol–water partition coefficient (Wildman–Crippen LogP) is 1.34. The number of hydrogen-bond donors (Lipinski definition) is 0. The van der Waals surface area contributed by atoms with Gasteiger partial charge in [0, 0.05) is 58.2 Å². The maximum absolute atomic E-state index is 14.3. The summed E-state index contributed by atoms with van der Waals surface area (Å²) in [5, 5.41) is 0. The molecular formula is C25H30F2N10O4S. The summed E-state index contributed by atoms with van der Waals surface area (Å²) in [5.74, 6) is 0.353. The number of rotatable bonds is 9. The van der Waals surface area contributed by atoms with Gasteiger partial charge >= 0.3 is 0 Å². The predicted molar refractivity (Wildman–Crippen MR) is 149 cm³/mol. The highest BCUT2D eigenvalue weighted by atomic mass is 32.2. The average molecular weight is 605 g/mol. The van der Waals surface area contributed by atoms with E-state index in [0.717, 1.165) is 0 Å². The summed E-state index contributed by atoms with van der Waals surface area (Å²) in [6, 6.07) is 4.99. The molecule has 2 saturated heterocycles. The van der Waals surface area contributed by atoms with E-state index in [0.29, 0.717) is 63.2 Å². The molecule has 6 rings (SSSR count). The summed E-state index contributed by atoms with van der Waals surface area (Å²) in [4.78, 5) is 25.8. The lowest BCUT2D eigenvalue weighted by molar-refractivity contribution is 0.122. The smallest absolute Gasteiger partial charge is 0.296 e. The van der Waals surface area contributed by atoms with E-state index in [2.05, 4.69) is 24.9 Å². The van der Waals surface area contributed by atoms with Crippen LogP contribution < -0.4 is 14.5 Å². The van der Waals surface area contributed by atoms with Crippen LogP contribution in [0.1, 0.15) is 12.2 Å². The third-order valence-electron chi connectivity index (χ3n) is 7.26. The lowest BCUT2D eigenvalue weighted by Crippen LogP contribution is -2.50. The van der Waals surface area contributed by atoms with Gasteiger partial charge in [-0.05, 0) is 12.1 Å². The first-order valence-corrected chi connectivity index (χ1v) is 15.1. The summed E-state index contributed by atoms with van der Waals surface area (Å²) >= 11 is 0. The fourth-order valence-electron chi connectivity index (χ4n) is 5.04. The highest BCUT2D eigenvalue weighted by Gasteiger charge is 2.30. The van der Waals surface area contributed by atoms with E-state index < -0.39 is 22.3 Å². The molecule has 2 fully saturated rings. The maximum Gasteiger partial charge on any atom is 0.296 e. The molecule has 1 aromatic carbocycles. The molecule has 0 unspecified atom stereocenters. The molecule has 2 aliphatic rings. The normalized spacial score (nSPS) is 17.0. The minimum absolute atomic E-state index is 0.0112. The minimum Gasteiger partial charge on any atom is -0.494 e. The number of aryl methyl sites for hydroxylation is 1. The Kier molecular flexibility index (Phi) is 7.87. The SMILES string of the molecule is COc1cccc2c1nc(C(F)F)n2-c1nc(N2CCOCC2)nc(N2CCN(S(=O)(=O)CCn3ccnc3)CC2)n1. The number of aromatic nitrogens is 7. The van der Waals surface area contributed by atoms with Gasteiger partial charge in [0.1, 0.15) is 11.3 Å². The van der Waals surface area contributed by atoms with E-state index in [-0.39, 0.29) is 36.3 Å². The van der Waals surface area contributed by atoms with E-state index in [1.807, 2.05) is 9.80 Å². The van der Waals surface area contributed by atoms with Crippen molar-refractivity contribution < 1.29 is 26.7 Å². The zero-order valence-corrected chi connectivity index (χ0v) is 23.7. The van der Waals surface area contributed by atoms with Gasteiger partial charge < -0.3 is 23.8 Å². The number of anilines is 2. The van der Waals surface area contributed by atoms with Crippen LogP contribution in [0.3, 0.4) is 0 Å². The summed E-state index contributed by atoms with van der Waals surface area (Å²) in [6.07, 6.45) is 1.99. The molecule has 5 heterocycles. The second kappa shape index (κ2) is 11.7. The van der Waals surface area contributed by atoms with Crippen molar-refractivity contribution in [2.24, 2.45) is 0 Å². The second-order valence-electron chi connectivity index (χ2n) is 9.77. The molecule has 42 heavy (non-hydrogen) atoms. The van der Waals surface area contributed by atoms with E-state index in [4.69, 9.17) is 9.47 Å². The fourth-order valence-corrected chi connectivity index (χ4v) is 6.46. The van der Waals surface area contributed by atoms with E-state index in [1.165, 1.54) is 16.0 Å². The number of para-hydroxylation sites is 1. The molecule has 17 heteroatoms. The van der Waals surface area contributed by atoms with Gasteiger partial charge in [-0.2, -0.15) is 19.3 Å². The van der Waals surface area contributed by atoms with Crippen molar-refractivity contribution in [2.45, 2.75) is 13.0 Å². The monoisotopic (exact) mass is 604 g/mol. The maximum atomic E-state index is 14.3. The quantitative estimate of drug-likeness (QED) is 0.274. The van der Waals surface area contributed by atoms with Crippen molar-refractivity contribution in [3.05, 3.63) is 42.7 Å². The Morgan fingerprint density at radius 3 is 2.29 bits per heavy atom. The highest BCUT2D eigenvalue weighted by Crippen LogP contribution is 2.32. The van der Waals surface area contributed by atoms with E-state index in [9.17, 15) is 17.2 Å². The molecular weight excluding hydrogens is 574 g/mol. The Balaban J connectivity index is 1.33. The van der Waals surface area contributed by atoms with Crippen LogP contribution in [0.25, 0.3) is 17.0 Å². The third-order valence-corrected chi connectivity index (χ3v) is 9.12. The standard InChI is InChI=1S/C25H30F2N10O4S/c1-40-19-4-2-3-18-20(19)29-22(21(26)27)37(18)25-31-23(30-24(32-25)35-11-14-41-15-12-35)34-7-9-36(10-8-34)42(38,39)16-13-33-6-5-28-17-33/h2-6,17,21H,7-16H2,1H3. The molecule has 0 aliphatic carbocycles. The number of fused-ring (bicyclic) bond motifs is 1. The van der Waals surface area contributed by atoms with Crippen LogP contribution in [0.4, 0.5) is 20.7 Å². The first-order valence-electron chi connectivity index (χ1n) is 13.5. The molecule has 14 nitrogen and oxygen atoms in total. The number of piperazine rings is 1. The fraction of sp³-hybridized carbons (Fsp3) is 0.480. The Bertz CT molecular complexity index is 1640. The number of nitrogens with zero attached hydrogens (tertiary/aromatic N) is 10. The highest BCUT2D eigenvalue weighted by molar-refractivity contribution is 7.89. The largest absolute Gasteiger partial charge is 0.494 e. The van der Waals surface area contributed by atoms with E-state index >= 15 is 0 Å². The number of morpholine rings is 1. The number of imidazole rings is 2. The Labute approximate surface area is 240 Å². The minimum atomic E-state index is -3.50. The number of halogens is 2. The number of benzene rings is 1. The van der Waals surface area contributed by atoms with E-state index in [1.54, 1.807) is 41.5 Å². The second-order valence-corrected chi connectivity index (χ2v) is 11.9. The van der Waals surface area contributed by atoms with Gasteiger partial charge in [-0.1, -0.05) is 6.07 Å². The van der Waals surface area contributed by atoms with Gasteiger partial charge in [0.15, 0.2) is 5.82 Å². The average Bonchev–Trinajstić information content (AvgIpc) is 3.69. The molecule has 0 spiro atoms. The van der Waals surface area contributed by atoms with Gasteiger partial charge in [0.05, 0.1) is 37.9 Å². The van der Waals surface area contributed by atoms with Crippen molar-refractivity contribution in [1.29, 1.82) is 0 Å². The van der Waals surface area contributed by atoms with Crippen LogP contribution in [0.2, 0.25) is 0 Å². The van der Waals surface area contributed by atoms with Crippen molar-refractivity contribution in [3.8, 4) is 11.7 Å². The van der Waals surface area contributed by atoms with Gasteiger partial charge in [0.25, 0.3) is 6.43 Å². The van der Waals surface area contributed by atoms with Crippen LogP contribution in [-0.4, -0.2) is 112 Å². The summed E-state index contributed by atoms with van der Waals surface area (Å²) in [6.45, 7) is 3.38. The van der Waals surface area contributed by atoms with Gasteiger partial charge in [-0.3, -0.25) is 4.57 Å². The van der Waals surface area contributed by atoms with Crippen LogP contribution in [0, 0.1) is 0 Å². The first kappa shape index (κ1) is 28.2. The van der Waals surface area contributed by atoms with Crippen molar-refractivity contribution >= 4 is 33.0 Å². The summed E-state index contributed by atoms with van der Waals surface area (Å²) in [5.41, 5.74) is 0.628. The molecule has 224 valence electrons. The molecule has 0 amide bonds. The van der Waals surface area contributed by atoms with Crippen molar-refractivity contribution in [1.82, 2.24) is 38.4 Å². The van der Waals surface area contributed by atoms with Gasteiger partial charge in [0.2, 0.25) is 27.9 Å². The Morgan fingerprint density at radius 2 is 1.64 bits per heavy atom. The number of ether oxygens (including phenoxy) is 2. The zero-order chi connectivity index (χ0) is 29.3. The number of alkyl halides is 2. The van der Waals surface area contributed by atoms with Crippen molar-refractivity contribution in [2.75, 3.05) is 75.1 Å². The van der Waals surface area contributed by atoms with Crippen LogP contribution in [0.5, 0.6) is 5.75 Å². The number of methoxy groups -OCH3 is 1. The molecule has 3 aromatic heterocycles. The summed E-state index contributed by atoms with van der Waals surface area (Å²) in [7, 11) is -2.06. The number of sulfonamides is 1. The molecule has 0 bridgehead atoms.